The van der Waals surface area contributed by atoms with Crippen molar-refractivity contribution in [1.29, 1.82) is 0 Å². The Morgan fingerprint density at radius 2 is 2.00 bits per heavy atom. The Morgan fingerprint density at radius 1 is 1.30 bits per heavy atom. The minimum Gasteiger partial charge on any atom is -0.496 e. The molecular formula is C23H26FNO2. The molecular weight excluding hydrogens is 341 g/mol. The maximum absolute atomic E-state index is 14.4. The standard InChI is InChI=1S/C23H26FNO2/c1-6-17-12-13-19(15-23(17)27-5)18(7-2)14-22(25(4)16(3)26)20-10-8-9-11-21(20)24/h6-13,15,22H,1,14H2,2-5H3/b18-7+. The Labute approximate surface area is 160 Å². The summed E-state index contributed by atoms with van der Waals surface area (Å²) in [5.41, 5.74) is 3.39. The zero-order valence-electron chi connectivity index (χ0n) is 16.3. The van der Waals surface area contributed by atoms with Crippen molar-refractivity contribution >= 4 is 17.6 Å². The first-order valence-corrected chi connectivity index (χ1v) is 8.86. The van der Waals surface area contributed by atoms with Crippen molar-refractivity contribution in [2.45, 2.75) is 26.3 Å². The van der Waals surface area contributed by atoms with E-state index in [-0.39, 0.29) is 11.7 Å². The third-order valence-electron chi connectivity index (χ3n) is 4.81. The van der Waals surface area contributed by atoms with Crippen LogP contribution in [0.25, 0.3) is 11.6 Å². The normalized spacial score (nSPS) is 12.4. The van der Waals surface area contributed by atoms with Gasteiger partial charge in [0.05, 0.1) is 13.2 Å². The van der Waals surface area contributed by atoms with Crippen molar-refractivity contribution in [3.8, 4) is 5.75 Å². The number of benzene rings is 2. The summed E-state index contributed by atoms with van der Waals surface area (Å²) in [5.74, 6) is 0.299. The summed E-state index contributed by atoms with van der Waals surface area (Å²) >= 11 is 0. The van der Waals surface area contributed by atoms with Gasteiger partial charge in [-0.3, -0.25) is 4.79 Å². The third kappa shape index (κ3) is 4.64. The molecule has 1 atom stereocenters. The molecule has 0 spiro atoms. The summed E-state index contributed by atoms with van der Waals surface area (Å²) in [6.45, 7) is 7.23. The van der Waals surface area contributed by atoms with Gasteiger partial charge in [0, 0.05) is 25.1 Å². The molecule has 0 aromatic heterocycles. The highest BCUT2D eigenvalue weighted by Gasteiger charge is 2.24. The zero-order chi connectivity index (χ0) is 20.0. The predicted octanol–water partition coefficient (Wildman–Crippen LogP) is 5.49. The quantitative estimate of drug-likeness (QED) is 0.647. The van der Waals surface area contributed by atoms with Gasteiger partial charge in [-0.2, -0.15) is 0 Å². The highest BCUT2D eigenvalue weighted by molar-refractivity contribution is 5.75. The topological polar surface area (TPSA) is 29.5 Å². The average Bonchev–Trinajstić information content (AvgIpc) is 2.68. The van der Waals surface area contributed by atoms with Crippen LogP contribution in [-0.2, 0) is 4.79 Å². The summed E-state index contributed by atoms with van der Waals surface area (Å²) in [4.78, 5) is 13.6. The van der Waals surface area contributed by atoms with E-state index in [1.807, 2.05) is 31.2 Å². The van der Waals surface area contributed by atoms with Gasteiger partial charge in [0.15, 0.2) is 0 Å². The highest BCUT2D eigenvalue weighted by Crippen LogP contribution is 2.34. The summed E-state index contributed by atoms with van der Waals surface area (Å²) < 4.78 is 19.9. The summed E-state index contributed by atoms with van der Waals surface area (Å²) in [6, 6.07) is 12.1. The molecule has 0 radical (unpaired) electrons. The molecule has 2 rings (SSSR count). The fourth-order valence-electron chi connectivity index (χ4n) is 3.11. The van der Waals surface area contributed by atoms with E-state index < -0.39 is 6.04 Å². The number of hydrogen-bond donors (Lipinski definition) is 0. The molecule has 0 saturated carbocycles. The van der Waals surface area contributed by atoms with Crippen molar-refractivity contribution < 1.29 is 13.9 Å². The van der Waals surface area contributed by atoms with E-state index in [0.29, 0.717) is 12.0 Å². The van der Waals surface area contributed by atoms with Crippen LogP contribution in [0.4, 0.5) is 4.39 Å². The van der Waals surface area contributed by atoms with Gasteiger partial charge in [0.2, 0.25) is 5.91 Å². The maximum Gasteiger partial charge on any atom is 0.219 e. The Kier molecular flexibility index (Phi) is 6.94. The van der Waals surface area contributed by atoms with E-state index in [0.717, 1.165) is 22.4 Å². The van der Waals surface area contributed by atoms with Gasteiger partial charge in [-0.1, -0.05) is 49.1 Å². The van der Waals surface area contributed by atoms with Gasteiger partial charge in [0.25, 0.3) is 0 Å². The average molecular weight is 367 g/mol. The molecule has 0 aliphatic heterocycles. The molecule has 27 heavy (non-hydrogen) atoms. The van der Waals surface area contributed by atoms with Crippen LogP contribution in [0.1, 0.15) is 43.0 Å². The van der Waals surface area contributed by atoms with Gasteiger partial charge < -0.3 is 9.64 Å². The fraction of sp³-hybridized carbons (Fsp3) is 0.261. The Balaban J connectivity index is 2.45. The number of carbonyl (C=O) groups is 1. The number of rotatable bonds is 7. The zero-order valence-corrected chi connectivity index (χ0v) is 16.3. The minimum absolute atomic E-state index is 0.113. The van der Waals surface area contributed by atoms with Crippen molar-refractivity contribution in [1.82, 2.24) is 4.90 Å². The van der Waals surface area contributed by atoms with Crippen LogP contribution < -0.4 is 4.74 Å². The largest absolute Gasteiger partial charge is 0.496 e. The summed E-state index contributed by atoms with van der Waals surface area (Å²) in [7, 11) is 3.32. The SMILES string of the molecule is C=Cc1ccc(/C(=C/C)CC(c2ccccc2F)N(C)C(C)=O)cc1OC. The van der Waals surface area contributed by atoms with Gasteiger partial charge in [0.1, 0.15) is 11.6 Å². The fourth-order valence-corrected chi connectivity index (χ4v) is 3.11. The first-order valence-electron chi connectivity index (χ1n) is 8.86. The first-order chi connectivity index (χ1) is 12.9. The van der Waals surface area contributed by atoms with Gasteiger partial charge in [-0.15, -0.1) is 0 Å². The van der Waals surface area contributed by atoms with Crippen LogP contribution in [-0.4, -0.2) is 25.0 Å². The monoisotopic (exact) mass is 367 g/mol. The summed E-state index contributed by atoms with van der Waals surface area (Å²) in [5, 5.41) is 0. The van der Waals surface area contributed by atoms with Crippen molar-refractivity contribution in [3.05, 3.63) is 77.6 Å². The summed E-state index contributed by atoms with van der Waals surface area (Å²) in [6.07, 6.45) is 4.22. The second-order valence-corrected chi connectivity index (χ2v) is 6.35. The molecule has 0 heterocycles. The lowest BCUT2D eigenvalue weighted by molar-refractivity contribution is -0.129. The van der Waals surface area contributed by atoms with E-state index in [4.69, 9.17) is 4.74 Å². The van der Waals surface area contributed by atoms with Crippen LogP contribution in [0.5, 0.6) is 5.75 Å². The number of methoxy groups -OCH3 is 1. The molecule has 0 fully saturated rings. The number of allylic oxidation sites excluding steroid dienone is 1. The number of halogens is 1. The molecule has 0 N–H and O–H groups in total. The Bertz CT molecular complexity index is 857. The molecule has 142 valence electrons. The molecule has 4 heteroatoms. The lowest BCUT2D eigenvalue weighted by atomic mass is 9.92. The molecule has 2 aromatic carbocycles. The van der Waals surface area contributed by atoms with E-state index >= 15 is 0 Å². The highest BCUT2D eigenvalue weighted by atomic mass is 19.1. The molecule has 0 aliphatic rings. The number of carbonyl (C=O) groups excluding carboxylic acids is 1. The second kappa shape index (κ2) is 9.17. The molecule has 0 saturated heterocycles. The van der Waals surface area contributed by atoms with Crippen molar-refractivity contribution in [3.63, 3.8) is 0 Å². The molecule has 3 nitrogen and oxygen atoms in total. The number of ether oxygens (including phenoxy) is 1. The van der Waals surface area contributed by atoms with Crippen LogP contribution in [0, 0.1) is 5.82 Å². The smallest absolute Gasteiger partial charge is 0.219 e. The Hall–Kier alpha value is -2.88. The molecule has 2 aromatic rings. The molecule has 0 aliphatic carbocycles. The van der Waals surface area contributed by atoms with Crippen LogP contribution >= 0.6 is 0 Å². The van der Waals surface area contributed by atoms with Crippen molar-refractivity contribution in [2.24, 2.45) is 0 Å². The predicted molar refractivity (Wildman–Crippen MR) is 109 cm³/mol. The lowest BCUT2D eigenvalue weighted by Crippen LogP contribution is -2.30. The van der Waals surface area contributed by atoms with Crippen LogP contribution in [0.15, 0.2) is 55.1 Å². The first kappa shape index (κ1) is 20.4. The van der Waals surface area contributed by atoms with E-state index in [9.17, 15) is 9.18 Å². The lowest BCUT2D eigenvalue weighted by Gasteiger charge is -2.29. The number of hydrogen-bond acceptors (Lipinski definition) is 2. The van der Waals surface area contributed by atoms with E-state index in [1.165, 1.54) is 13.0 Å². The Morgan fingerprint density at radius 3 is 2.56 bits per heavy atom. The van der Waals surface area contributed by atoms with Gasteiger partial charge in [-0.05, 0) is 36.6 Å². The molecule has 0 bridgehead atoms. The maximum atomic E-state index is 14.4. The molecule has 1 amide bonds. The minimum atomic E-state index is -0.403. The van der Waals surface area contributed by atoms with Crippen LogP contribution in [0.2, 0.25) is 0 Å². The van der Waals surface area contributed by atoms with Gasteiger partial charge >= 0.3 is 0 Å². The van der Waals surface area contributed by atoms with Crippen molar-refractivity contribution in [2.75, 3.05) is 14.2 Å². The molecule has 1 unspecified atom stereocenters. The second-order valence-electron chi connectivity index (χ2n) is 6.35. The third-order valence-corrected chi connectivity index (χ3v) is 4.81. The van der Waals surface area contributed by atoms with Crippen LogP contribution in [0.3, 0.4) is 0 Å². The van der Waals surface area contributed by atoms with E-state index in [1.54, 1.807) is 43.3 Å². The number of nitrogens with zero attached hydrogens (tertiary/aromatic N) is 1. The van der Waals surface area contributed by atoms with E-state index in [2.05, 4.69) is 6.58 Å². The van der Waals surface area contributed by atoms with Gasteiger partial charge in [-0.25, -0.2) is 4.39 Å². The number of amides is 1.